The number of ketones is 1. The minimum absolute atomic E-state index is 0.177. The summed E-state index contributed by atoms with van der Waals surface area (Å²) in [6.07, 6.45) is 2.27. The summed E-state index contributed by atoms with van der Waals surface area (Å²) in [4.78, 5) is 11.9. The molecule has 0 amide bonds. The molecule has 1 unspecified atom stereocenters. The van der Waals surface area contributed by atoms with Crippen molar-refractivity contribution < 1.29 is 4.79 Å². The quantitative estimate of drug-likeness (QED) is 0.904. The Kier molecular flexibility index (Phi) is 3.88. The highest BCUT2D eigenvalue weighted by molar-refractivity contribution is 8.03. The first-order valence-electron chi connectivity index (χ1n) is 6.59. The lowest BCUT2D eigenvalue weighted by atomic mass is 10.1. The van der Waals surface area contributed by atoms with Crippen LogP contribution in [0.15, 0.2) is 71.8 Å². The Morgan fingerprint density at radius 2 is 1.60 bits per heavy atom. The van der Waals surface area contributed by atoms with Crippen LogP contribution in [0, 0.1) is 0 Å². The molecule has 2 aromatic rings. The monoisotopic (exact) mass is 281 g/mol. The highest BCUT2D eigenvalue weighted by Crippen LogP contribution is 2.40. The van der Waals surface area contributed by atoms with E-state index >= 15 is 0 Å². The molecule has 0 aliphatic carbocycles. The number of rotatable bonds is 3. The third-order valence-electron chi connectivity index (χ3n) is 3.16. The van der Waals surface area contributed by atoms with Gasteiger partial charge in [-0.15, -0.1) is 0 Å². The van der Waals surface area contributed by atoms with Crippen molar-refractivity contribution in [2.45, 2.75) is 11.7 Å². The zero-order valence-corrected chi connectivity index (χ0v) is 11.8. The Balaban J connectivity index is 1.78. The summed E-state index contributed by atoms with van der Waals surface area (Å²) in [7, 11) is 0. The fourth-order valence-electron chi connectivity index (χ4n) is 2.20. The number of carbonyl (C=O) groups excluding carboxylic acids is 1. The lowest BCUT2D eigenvalue weighted by molar-refractivity contribution is -0.114. The average molecular weight is 281 g/mol. The predicted octanol–water partition coefficient (Wildman–Crippen LogP) is 4.39. The molecule has 20 heavy (non-hydrogen) atoms. The molecule has 1 aliphatic rings. The van der Waals surface area contributed by atoms with Crippen molar-refractivity contribution >= 4 is 23.2 Å². The van der Waals surface area contributed by atoms with E-state index in [1.807, 2.05) is 48.5 Å². The number of anilines is 1. The second-order valence-corrected chi connectivity index (χ2v) is 5.93. The number of allylic oxidation sites excluding steroid dienone is 1. The molecule has 0 fully saturated rings. The molecule has 0 saturated carbocycles. The Labute approximate surface area is 122 Å². The van der Waals surface area contributed by atoms with Crippen LogP contribution in [0.3, 0.4) is 0 Å². The third kappa shape index (κ3) is 3.11. The highest BCUT2D eigenvalue weighted by atomic mass is 32.2. The summed E-state index contributed by atoms with van der Waals surface area (Å²) < 4.78 is 0. The molecular weight excluding hydrogens is 266 g/mol. The molecule has 0 saturated heterocycles. The molecule has 100 valence electrons. The van der Waals surface area contributed by atoms with E-state index in [1.165, 1.54) is 5.56 Å². The van der Waals surface area contributed by atoms with Crippen LogP contribution in [0.25, 0.3) is 0 Å². The zero-order valence-electron chi connectivity index (χ0n) is 11.0. The number of carbonyl (C=O) groups is 1. The zero-order chi connectivity index (χ0) is 13.8. The smallest absolute Gasteiger partial charge is 0.159 e. The molecule has 3 rings (SSSR count). The second-order valence-electron chi connectivity index (χ2n) is 4.69. The van der Waals surface area contributed by atoms with Crippen molar-refractivity contribution in [1.29, 1.82) is 0 Å². The molecule has 1 heterocycles. The summed E-state index contributed by atoms with van der Waals surface area (Å²) in [5, 5.41) is 4.43. The van der Waals surface area contributed by atoms with Gasteiger partial charge in [-0.3, -0.25) is 4.79 Å². The Bertz CT molecular complexity index is 622. The van der Waals surface area contributed by atoms with Gasteiger partial charge in [-0.2, -0.15) is 0 Å². The number of benzene rings is 2. The van der Waals surface area contributed by atoms with Crippen LogP contribution in [-0.4, -0.2) is 5.78 Å². The van der Waals surface area contributed by atoms with Crippen molar-refractivity contribution in [3.63, 3.8) is 0 Å². The first kappa shape index (κ1) is 13.0. The van der Waals surface area contributed by atoms with Gasteiger partial charge >= 0.3 is 0 Å². The van der Waals surface area contributed by atoms with Crippen LogP contribution in [0.4, 0.5) is 5.69 Å². The fourth-order valence-corrected chi connectivity index (χ4v) is 3.42. The van der Waals surface area contributed by atoms with Crippen molar-refractivity contribution in [2.75, 3.05) is 5.32 Å². The van der Waals surface area contributed by atoms with Gasteiger partial charge in [0.2, 0.25) is 0 Å². The van der Waals surface area contributed by atoms with Gasteiger partial charge in [-0.1, -0.05) is 60.3 Å². The summed E-state index contributed by atoms with van der Waals surface area (Å²) in [6.45, 7) is 0. The van der Waals surface area contributed by atoms with Gasteiger partial charge < -0.3 is 5.32 Å². The SMILES string of the molecule is O=C1C=C(Nc2ccccc2)SC(c2ccccc2)C1. The molecule has 0 aromatic heterocycles. The normalized spacial score (nSPS) is 18.5. The van der Waals surface area contributed by atoms with E-state index in [0.29, 0.717) is 6.42 Å². The minimum atomic E-state index is 0.177. The number of nitrogens with one attached hydrogen (secondary N) is 1. The molecule has 1 aliphatic heterocycles. The molecule has 0 spiro atoms. The molecule has 0 radical (unpaired) electrons. The number of hydrogen-bond acceptors (Lipinski definition) is 3. The first-order valence-corrected chi connectivity index (χ1v) is 7.47. The van der Waals surface area contributed by atoms with Gasteiger partial charge in [0.15, 0.2) is 5.78 Å². The summed E-state index contributed by atoms with van der Waals surface area (Å²) >= 11 is 1.71. The predicted molar refractivity (Wildman–Crippen MR) is 84.5 cm³/mol. The Morgan fingerprint density at radius 3 is 2.30 bits per heavy atom. The standard InChI is InChI=1S/C17H15NOS/c19-15-11-16(13-7-3-1-4-8-13)20-17(12-15)18-14-9-5-2-6-10-14/h1-10,12,16,18H,11H2. The maximum atomic E-state index is 11.9. The van der Waals surface area contributed by atoms with Crippen LogP contribution in [0.2, 0.25) is 0 Å². The maximum absolute atomic E-state index is 11.9. The van der Waals surface area contributed by atoms with Crippen LogP contribution >= 0.6 is 11.8 Å². The topological polar surface area (TPSA) is 29.1 Å². The summed E-state index contributed by atoms with van der Waals surface area (Å²) in [5.41, 5.74) is 2.21. The number of hydrogen-bond donors (Lipinski definition) is 1. The van der Waals surface area contributed by atoms with Gasteiger partial charge in [0.05, 0.1) is 5.03 Å². The van der Waals surface area contributed by atoms with Gasteiger partial charge in [0, 0.05) is 23.4 Å². The van der Waals surface area contributed by atoms with Crippen molar-refractivity contribution in [2.24, 2.45) is 0 Å². The largest absolute Gasteiger partial charge is 0.350 e. The first-order chi connectivity index (χ1) is 9.81. The number of para-hydroxylation sites is 1. The van der Waals surface area contributed by atoms with E-state index < -0.39 is 0 Å². The van der Waals surface area contributed by atoms with E-state index in [-0.39, 0.29) is 11.0 Å². The van der Waals surface area contributed by atoms with Gasteiger partial charge in [0.25, 0.3) is 0 Å². The third-order valence-corrected chi connectivity index (χ3v) is 4.36. The molecule has 1 N–H and O–H groups in total. The summed E-state index contributed by atoms with van der Waals surface area (Å²) in [6, 6.07) is 20.1. The van der Waals surface area contributed by atoms with Crippen molar-refractivity contribution in [1.82, 2.24) is 0 Å². The average Bonchev–Trinajstić information content (AvgIpc) is 2.49. The molecule has 3 heteroatoms. The van der Waals surface area contributed by atoms with Gasteiger partial charge in [0.1, 0.15) is 0 Å². The fraction of sp³-hybridized carbons (Fsp3) is 0.118. The minimum Gasteiger partial charge on any atom is -0.350 e. The van der Waals surface area contributed by atoms with Crippen LogP contribution < -0.4 is 5.32 Å². The second kappa shape index (κ2) is 5.97. The molecular formula is C17H15NOS. The molecule has 2 nitrogen and oxygen atoms in total. The maximum Gasteiger partial charge on any atom is 0.159 e. The van der Waals surface area contributed by atoms with E-state index in [9.17, 15) is 4.79 Å². The lowest BCUT2D eigenvalue weighted by Gasteiger charge is -2.22. The van der Waals surface area contributed by atoms with Crippen LogP contribution in [-0.2, 0) is 4.79 Å². The van der Waals surface area contributed by atoms with E-state index in [1.54, 1.807) is 17.8 Å². The molecule has 0 bridgehead atoms. The molecule has 1 atom stereocenters. The van der Waals surface area contributed by atoms with Gasteiger partial charge in [-0.05, 0) is 17.7 Å². The van der Waals surface area contributed by atoms with Crippen molar-refractivity contribution in [3.8, 4) is 0 Å². The van der Waals surface area contributed by atoms with Crippen LogP contribution in [0.5, 0.6) is 0 Å². The van der Waals surface area contributed by atoms with Crippen LogP contribution in [0.1, 0.15) is 17.2 Å². The Hall–Kier alpha value is -2.00. The Morgan fingerprint density at radius 1 is 0.950 bits per heavy atom. The van der Waals surface area contributed by atoms with E-state index in [4.69, 9.17) is 0 Å². The highest BCUT2D eigenvalue weighted by Gasteiger charge is 2.22. The van der Waals surface area contributed by atoms with E-state index in [0.717, 1.165) is 10.7 Å². The molecule has 2 aromatic carbocycles. The van der Waals surface area contributed by atoms with E-state index in [2.05, 4.69) is 17.4 Å². The number of thioether (sulfide) groups is 1. The van der Waals surface area contributed by atoms with Crippen molar-refractivity contribution in [3.05, 3.63) is 77.3 Å². The van der Waals surface area contributed by atoms with Gasteiger partial charge in [-0.25, -0.2) is 0 Å². The lowest BCUT2D eigenvalue weighted by Crippen LogP contribution is -2.12. The summed E-state index contributed by atoms with van der Waals surface area (Å²) in [5.74, 6) is 0.177.